The van der Waals surface area contributed by atoms with Crippen LogP contribution in [-0.4, -0.2) is 5.75 Å². The monoisotopic (exact) mass is 318 g/mol. The highest BCUT2D eigenvalue weighted by Crippen LogP contribution is 2.48. The predicted octanol–water partition coefficient (Wildman–Crippen LogP) is 6.04. The van der Waals surface area contributed by atoms with E-state index in [9.17, 15) is 0 Å². The molecule has 3 aromatic carbocycles. The van der Waals surface area contributed by atoms with Crippen molar-refractivity contribution in [3.05, 3.63) is 107 Å². The van der Waals surface area contributed by atoms with Crippen LogP contribution in [0.2, 0.25) is 0 Å². The van der Waals surface area contributed by atoms with E-state index < -0.39 is 0 Å². The summed E-state index contributed by atoms with van der Waals surface area (Å²) in [4.78, 5) is 0. The molecule has 3 rings (SSSR count). The van der Waals surface area contributed by atoms with Crippen molar-refractivity contribution in [2.45, 2.75) is 18.6 Å². The van der Waals surface area contributed by atoms with E-state index in [1.165, 1.54) is 22.3 Å². The highest BCUT2D eigenvalue weighted by Gasteiger charge is 2.36. The van der Waals surface area contributed by atoms with Gasteiger partial charge in [0.1, 0.15) is 0 Å². The number of hydrogen-bond donors (Lipinski definition) is 0. The molecule has 0 unspecified atom stereocenters. The van der Waals surface area contributed by atoms with Crippen LogP contribution in [0.4, 0.5) is 0 Å². The van der Waals surface area contributed by atoms with Crippen molar-refractivity contribution in [3.8, 4) is 0 Å². The van der Waals surface area contributed by atoms with Gasteiger partial charge in [-0.3, -0.25) is 0 Å². The normalized spacial score (nSPS) is 11.4. The van der Waals surface area contributed by atoms with Crippen LogP contribution >= 0.6 is 11.8 Å². The van der Waals surface area contributed by atoms with Gasteiger partial charge in [-0.25, -0.2) is 0 Å². The van der Waals surface area contributed by atoms with E-state index in [0.29, 0.717) is 0 Å². The Bertz CT molecular complexity index is 690. The maximum absolute atomic E-state index is 2.28. The zero-order chi connectivity index (χ0) is 16.1. The summed E-state index contributed by atoms with van der Waals surface area (Å²) in [5.74, 6) is 1.05. The molecule has 0 bridgehead atoms. The second-order valence-corrected chi connectivity index (χ2v) is 7.19. The van der Waals surface area contributed by atoms with Crippen LogP contribution in [0.25, 0.3) is 0 Å². The highest BCUT2D eigenvalue weighted by molar-refractivity contribution is 8.00. The summed E-state index contributed by atoms with van der Waals surface area (Å²) in [6.07, 6.45) is 0. The summed E-state index contributed by atoms with van der Waals surface area (Å²) in [6.45, 7) is 4.38. The molecule has 0 saturated heterocycles. The molecule has 0 radical (unpaired) electrons. The van der Waals surface area contributed by atoms with Gasteiger partial charge < -0.3 is 0 Å². The van der Waals surface area contributed by atoms with Gasteiger partial charge in [0.15, 0.2) is 0 Å². The Morgan fingerprint density at radius 2 is 1.09 bits per heavy atom. The van der Waals surface area contributed by atoms with Gasteiger partial charge in [0.2, 0.25) is 0 Å². The summed E-state index contributed by atoms with van der Waals surface area (Å²) in [6, 6.07) is 30.7. The average molecular weight is 318 g/mol. The molecule has 0 heterocycles. The van der Waals surface area contributed by atoms with Crippen LogP contribution in [0.15, 0.2) is 84.9 Å². The molecule has 0 aliphatic carbocycles. The lowest BCUT2D eigenvalue weighted by molar-refractivity contribution is 0.894. The van der Waals surface area contributed by atoms with E-state index in [4.69, 9.17) is 0 Å². The van der Waals surface area contributed by atoms with Crippen LogP contribution in [0, 0.1) is 6.92 Å². The predicted molar refractivity (Wildman–Crippen MR) is 102 cm³/mol. The average Bonchev–Trinajstić information content (AvgIpc) is 2.62. The Kier molecular flexibility index (Phi) is 4.88. The van der Waals surface area contributed by atoms with E-state index in [-0.39, 0.29) is 4.75 Å². The minimum atomic E-state index is -0.162. The zero-order valence-electron chi connectivity index (χ0n) is 13.7. The van der Waals surface area contributed by atoms with Crippen molar-refractivity contribution >= 4 is 11.8 Å². The lowest BCUT2D eigenvalue weighted by Gasteiger charge is -2.35. The number of aryl methyl sites for hydroxylation is 1. The molecule has 0 aliphatic heterocycles. The van der Waals surface area contributed by atoms with Gasteiger partial charge >= 0.3 is 0 Å². The fourth-order valence-electron chi connectivity index (χ4n) is 3.10. The van der Waals surface area contributed by atoms with Gasteiger partial charge in [-0.1, -0.05) is 97.4 Å². The fourth-order valence-corrected chi connectivity index (χ4v) is 4.44. The van der Waals surface area contributed by atoms with Crippen LogP contribution in [0.3, 0.4) is 0 Å². The van der Waals surface area contributed by atoms with Crippen LogP contribution in [-0.2, 0) is 4.75 Å². The molecule has 3 aromatic rings. The molecule has 23 heavy (non-hydrogen) atoms. The first-order valence-electron chi connectivity index (χ1n) is 8.09. The quantitative estimate of drug-likeness (QED) is 0.517. The molecule has 0 atom stereocenters. The van der Waals surface area contributed by atoms with Gasteiger partial charge in [-0.15, -0.1) is 11.8 Å². The first-order valence-corrected chi connectivity index (χ1v) is 9.08. The molecular formula is C22H22S. The van der Waals surface area contributed by atoms with Crippen molar-refractivity contribution in [1.82, 2.24) is 0 Å². The van der Waals surface area contributed by atoms with E-state index in [2.05, 4.69) is 98.8 Å². The Morgan fingerprint density at radius 1 is 0.652 bits per heavy atom. The Morgan fingerprint density at radius 3 is 1.52 bits per heavy atom. The molecule has 0 aromatic heterocycles. The van der Waals surface area contributed by atoms with Crippen LogP contribution < -0.4 is 0 Å². The van der Waals surface area contributed by atoms with Gasteiger partial charge in [0.25, 0.3) is 0 Å². The molecule has 0 aliphatic rings. The van der Waals surface area contributed by atoms with Gasteiger partial charge in [0, 0.05) is 0 Å². The maximum atomic E-state index is 2.28. The Labute approximate surface area is 143 Å². The van der Waals surface area contributed by atoms with Crippen molar-refractivity contribution in [1.29, 1.82) is 0 Å². The summed E-state index contributed by atoms with van der Waals surface area (Å²) >= 11 is 1.99. The second-order valence-electron chi connectivity index (χ2n) is 5.71. The van der Waals surface area contributed by atoms with Gasteiger partial charge in [-0.2, -0.15) is 0 Å². The third kappa shape index (κ3) is 3.07. The lowest BCUT2D eigenvalue weighted by Crippen LogP contribution is -2.25. The van der Waals surface area contributed by atoms with E-state index in [0.717, 1.165) is 5.75 Å². The Hall–Kier alpha value is -1.99. The lowest BCUT2D eigenvalue weighted by atomic mass is 9.84. The largest absolute Gasteiger partial charge is 0.141 e. The van der Waals surface area contributed by atoms with Crippen molar-refractivity contribution in [2.75, 3.05) is 5.75 Å². The maximum Gasteiger partial charge on any atom is 0.0906 e. The van der Waals surface area contributed by atoms with Crippen molar-refractivity contribution in [2.24, 2.45) is 0 Å². The van der Waals surface area contributed by atoms with E-state index in [1.807, 2.05) is 11.8 Å². The molecular weight excluding hydrogens is 296 g/mol. The summed E-state index contributed by atoms with van der Waals surface area (Å²) in [7, 11) is 0. The number of thioether (sulfide) groups is 1. The number of hydrogen-bond acceptors (Lipinski definition) is 1. The van der Waals surface area contributed by atoms with Crippen LogP contribution in [0.1, 0.15) is 29.2 Å². The van der Waals surface area contributed by atoms with E-state index >= 15 is 0 Å². The number of rotatable bonds is 5. The van der Waals surface area contributed by atoms with Crippen molar-refractivity contribution < 1.29 is 0 Å². The number of benzene rings is 3. The SMILES string of the molecule is CCSC(c1ccccc1)(c1ccccc1)c1ccc(C)cc1. The standard InChI is InChI=1S/C22H22S/c1-3-23-22(19-10-6-4-7-11-19,20-12-8-5-9-13-20)21-16-14-18(2)15-17-21/h4-17H,3H2,1-2H3. The van der Waals surface area contributed by atoms with E-state index in [1.54, 1.807) is 0 Å². The fraction of sp³-hybridized carbons (Fsp3) is 0.182. The minimum Gasteiger partial charge on any atom is -0.141 e. The zero-order valence-corrected chi connectivity index (χ0v) is 14.5. The third-order valence-corrected chi connectivity index (χ3v) is 5.61. The summed E-state index contributed by atoms with van der Waals surface area (Å²) < 4.78 is -0.162. The van der Waals surface area contributed by atoms with Gasteiger partial charge in [-0.05, 0) is 29.4 Å². The first kappa shape index (κ1) is 15.9. The molecule has 0 spiro atoms. The highest BCUT2D eigenvalue weighted by atomic mass is 32.2. The summed E-state index contributed by atoms with van der Waals surface area (Å²) in [5, 5.41) is 0. The molecule has 116 valence electrons. The molecule has 1 heteroatoms. The van der Waals surface area contributed by atoms with Crippen molar-refractivity contribution in [3.63, 3.8) is 0 Å². The second kappa shape index (κ2) is 7.06. The molecule has 0 fully saturated rings. The Balaban J connectivity index is 2.28. The molecule has 0 N–H and O–H groups in total. The first-order chi connectivity index (χ1) is 11.3. The third-order valence-electron chi connectivity index (χ3n) is 4.18. The topological polar surface area (TPSA) is 0 Å². The minimum absolute atomic E-state index is 0.162. The van der Waals surface area contributed by atoms with Crippen LogP contribution in [0.5, 0.6) is 0 Å². The summed E-state index contributed by atoms with van der Waals surface area (Å²) in [5.41, 5.74) is 5.31. The molecule has 0 nitrogen and oxygen atoms in total. The molecule has 0 amide bonds. The smallest absolute Gasteiger partial charge is 0.0906 e. The van der Waals surface area contributed by atoms with Gasteiger partial charge in [0.05, 0.1) is 4.75 Å². The molecule has 0 saturated carbocycles.